The first kappa shape index (κ1) is 21.6. The molecule has 136 valence electrons. The predicted octanol–water partition coefficient (Wildman–Crippen LogP) is 7.20. The molecule has 0 aromatic carbocycles. The van der Waals surface area contributed by atoms with Gasteiger partial charge >= 0.3 is 0 Å². The van der Waals surface area contributed by atoms with Crippen LogP contribution in [0.3, 0.4) is 0 Å². The van der Waals surface area contributed by atoms with Crippen LogP contribution in [0.15, 0.2) is 24.4 Å². The molecule has 0 aliphatic heterocycles. The van der Waals surface area contributed by atoms with Gasteiger partial charge in [-0.2, -0.15) is 0 Å². The lowest BCUT2D eigenvalue weighted by Gasteiger charge is -2.06. The van der Waals surface area contributed by atoms with Crippen molar-refractivity contribution in [3.05, 3.63) is 35.7 Å². The molecule has 1 rings (SSSR count). The van der Waals surface area contributed by atoms with Crippen LogP contribution < -0.4 is 0 Å². The first-order valence-electron chi connectivity index (χ1n) is 8.89. The van der Waals surface area contributed by atoms with Crippen molar-refractivity contribution < 1.29 is 4.79 Å². The number of hydrogen-bond donors (Lipinski definition) is 1. The van der Waals surface area contributed by atoms with Crippen molar-refractivity contribution in [2.24, 2.45) is 0 Å². The Morgan fingerprint density at radius 1 is 1.04 bits per heavy atom. The Morgan fingerprint density at radius 2 is 1.67 bits per heavy atom. The Bertz CT molecular complexity index is 503. The number of aromatic nitrogens is 1. The van der Waals surface area contributed by atoms with E-state index >= 15 is 0 Å². The van der Waals surface area contributed by atoms with Gasteiger partial charge in [0, 0.05) is 6.20 Å². The average molecular weight is 393 g/mol. The molecule has 0 aliphatic carbocycles. The van der Waals surface area contributed by atoms with E-state index in [0.29, 0.717) is 5.69 Å². The van der Waals surface area contributed by atoms with Gasteiger partial charge < -0.3 is 4.98 Å². The standard InChI is InChI=1S/C19H28Cl3NO/c1-2-3-4-5-6-7-8-9-10-11-12-13-16-14-17(23-15-16)18(24)19(20,21)22/h11-12,14-15,23H,2-10,13H2,1H3. The van der Waals surface area contributed by atoms with Crippen LogP contribution in [-0.2, 0) is 6.42 Å². The Balaban J connectivity index is 2.13. The highest BCUT2D eigenvalue weighted by Crippen LogP contribution is 2.30. The molecule has 0 amide bonds. The van der Waals surface area contributed by atoms with Crippen molar-refractivity contribution in [1.29, 1.82) is 0 Å². The molecule has 0 atom stereocenters. The summed E-state index contributed by atoms with van der Waals surface area (Å²) < 4.78 is -1.91. The summed E-state index contributed by atoms with van der Waals surface area (Å²) in [6.45, 7) is 2.25. The molecule has 0 bridgehead atoms. The third-order valence-electron chi connectivity index (χ3n) is 3.99. The maximum Gasteiger partial charge on any atom is 0.254 e. The first-order valence-corrected chi connectivity index (χ1v) is 10.0. The van der Waals surface area contributed by atoms with E-state index in [-0.39, 0.29) is 0 Å². The van der Waals surface area contributed by atoms with Gasteiger partial charge in [0.1, 0.15) is 0 Å². The Labute approximate surface area is 160 Å². The summed E-state index contributed by atoms with van der Waals surface area (Å²) in [5.74, 6) is -0.526. The molecule has 0 aliphatic rings. The van der Waals surface area contributed by atoms with Crippen molar-refractivity contribution in [2.75, 3.05) is 0 Å². The number of H-pyrrole nitrogens is 1. The Hall–Kier alpha value is -0.440. The van der Waals surface area contributed by atoms with Crippen molar-refractivity contribution in [3.8, 4) is 0 Å². The average Bonchev–Trinajstić information content (AvgIpc) is 2.99. The number of ketones is 1. The van der Waals surface area contributed by atoms with Gasteiger partial charge in [-0.15, -0.1) is 0 Å². The number of unbranched alkanes of at least 4 members (excludes halogenated alkanes) is 8. The number of Topliss-reactive ketones (excluding diaryl/α,β-unsaturated/α-hetero) is 1. The fourth-order valence-corrected chi connectivity index (χ4v) is 2.88. The summed E-state index contributed by atoms with van der Waals surface area (Å²) in [6.07, 6.45) is 18.7. The fourth-order valence-electron chi connectivity index (χ4n) is 2.57. The molecule has 2 nitrogen and oxygen atoms in total. The summed E-state index contributed by atoms with van der Waals surface area (Å²) in [5, 5.41) is 0. The third kappa shape index (κ3) is 9.15. The number of rotatable bonds is 12. The molecule has 0 unspecified atom stereocenters. The van der Waals surface area contributed by atoms with E-state index < -0.39 is 9.58 Å². The molecular weight excluding hydrogens is 365 g/mol. The van der Waals surface area contributed by atoms with Gasteiger partial charge in [0.15, 0.2) is 0 Å². The quantitative estimate of drug-likeness (QED) is 0.173. The fraction of sp³-hybridized carbons (Fsp3) is 0.632. The molecule has 1 aromatic heterocycles. The van der Waals surface area contributed by atoms with Gasteiger partial charge in [0.25, 0.3) is 3.79 Å². The van der Waals surface area contributed by atoms with Gasteiger partial charge in [-0.25, -0.2) is 0 Å². The highest BCUT2D eigenvalue weighted by atomic mass is 35.6. The molecule has 24 heavy (non-hydrogen) atoms. The van der Waals surface area contributed by atoms with E-state index in [4.69, 9.17) is 34.8 Å². The first-order chi connectivity index (χ1) is 11.4. The Morgan fingerprint density at radius 3 is 2.29 bits per heavy atom. The lowest BCUT2D eigenvalue weighted by atomic mass is 10.1. The van der Waals surface area contributed by atoms with Crippen LogP contribution in [0.1, 0.15) is 80.8 Å². The monoisotopic (exact) mass is 391 g/mol. The van der Waals surface area contributed by atoms with Gasteiger partial charge in [0.05, 0.1) is 5.69 Å². The van der Waals surface area contributed by atoms with Crippen molar-refractivity contribution in [1.82, 2.24) is 4.98 Å². The lowest BCUT2D eigenvalue weighted by Crippen LogP contribution is -2.19. The van der Waals surface area contributed by atoms with Crippen LogP contribution in [0.25, 0.3) is 0 Å². The van der Waals surface area contributed by atoms with E-state index in [9.17, 15) is 4.79 Å². The largest absolute Gasteiger partial charge is 0.358 e. The molecule has 0 radical (unpaired) electrons. The van der Waals surface area contributed by atoms with Gasteiger partial charge in [-0.3, -0.25) is 4.79 Å². The molecule has 0 saturated carbocycles. The minimum Gasteiger partial charge on any atom is -0.358 e. The maximum atomic E-state index is 11.8. The lowest BCUT2D eigenvalue weighted by molar-refractivity contribution is 0.0992. The number of halogens is 3. The number of carbonyl (C=O) groups is 1. The second-order valence-corrected chi connectivity index (χ2v) is 8.47. The summed E-state index contributed by atoms with van der Waals surface area (Å²) in [4.78, 5) is 14.7. The molecule has 0 fully saturated rings. The summed E-state index contributed by atoms with van der Waals surface area (Å²) >= 11 is 16.8. The molecule has 1 aromatic rings. The van der Waals surface area contributed by atoms with Crippen LogP contribution >= 0.6 is 34.8 Å². The predicted molar refractivity (Wildman–Crippen MR) is 105 cm³/mol. The smallest absolute Gasteiger partial charge is 0.254 e. The second kappa shape index (κ2) is 12.0. The summed E-state index contributed by atoms with van der Waals surface area (Å²) in [7, 11) is 0. The van der Waals surface area contributed by atoms with E-state index in [1.165, 1.54) is 51.4 Å². The van der Waals surface area contributed by atoms with E-state index in [1.807, 2.05) is 0 Å². The van der Waals surface area contributed by atoms with Gasteiger partial charge in [-0.05, 0) is 30.9 Å². The number of allylic oxidation sites excluding steroid dienone is 2. The summed E-state index contributed by atoms with van der Waals surface area (Å²) in [5.41, 5.74) is 1.35. The van der Waals surface area contributed by atoms with E-state index in [2.05, 4.69) is 24.1 Å². The highest BCUT2D eigenvalue weighted by Gasteiger charge is 2.32. The van der Waals surface area contributed by atoms with Crippen LogP contribution in [0.2, 0.25) is 0 Å². The number of carbonyl (C=O) groups excluding carboxylic acids is 1. The van der Waals surface area contributed by atoms with Gasteiger partial charge in [0.2, 0.25) is 5.78 Å². The zero-order chi connectivity index (χ0) is 17.8. The maximum absolute atomic E-state index is 11.8. The SMILES string of the molecule is CCCCCCCCCCC=CCc1c[nH]c(C(=O)C(Cl)(Cl)Cl)c1. The molecular formula is C19H28Cl3NO. The highest BCUT2D eigenvalue weighted by molar-refractivity contribution is 6.77. The molecule has 1 N–H and O–H groups in total. The normalized spacial score (nSPS) is 12.2. The molecule has 1 heterocycles. The zero-order valence-electron chi connectivity index (χ0n) is 14.4. The van der Waals surface area contributed by atoms with Crippen molar-refractivity contribution in [3.63, 3.8) is 0 Å². The molecule has 0 spiro atoms. The zero-order valence-corrected chi connectivity index (χ0v) is 16.7. The minimum atomic E-state index is -1.91. The van der Waals surface area contributed by atoms with Crippen molar-refractivity contribution in [2.45, 2.75) is 74.9 Å². The number of nitrogens with one attached hydrogen (secondary N) is 1. The molecule has 0 saturated heterocycles. The van der Waals surface area contributed by atoms with Crippen LogP contribution in [-0.4, -0.2) is 14.6 Å². The minimum absolute atomic E-state index is 0.335. The second-order valence-electron chi connectivity index (χ2n) is 6.19. The van der Waals surface area contributed by atoms with Gasteiger partial charge in [-0.1, -0.05) is 98.8 Å². The number of aromatic amines is 1. The van der Waals surface area contributed by atoms with Crippen LogP contribution in [0.5, 0.6) is 0 Å². The molecule has 5 heteroatoms. The Kier molecular flexibility index (Phi) is 10.8. The topological polar surface area (TPSA) is 32.9 Å². The van der Waals surface area contributed by atoms with Crippen LogP contribution in [0.4, 0.5) is 0 Å². The van der Waals surface area contributed by atoms with Crippen molar-refractivity contribution >= 4 is 40.6 Å². The third-order valence-corrected chi connectivity index (χ3v) is 4.50. The number of hydrogen-bond acceptors (Lipinski definition) is 1. The number of alkyl halides is 3. The van der Waals surface area contributed by atoms with E-state index in [0.717, 1.165) is 18.4 Å². The van der Waals surface area contributed by atoms with Crippen LogP contribution in [0, 0.1) is 0 Å². The summed E-state index contributed by atoms with van der Waals surface area (Å²) in [6, 6.07) is 1.74. The van der Waals surface area contributed by atoms with E-state index in [1.54, 1.807) is 12.3 Å².